The standard InChI is InChI=1S/C9H8N2OS/c1-6-3-2-4-7-8(6)11-9(13-7)10-5-12/h2-5H,1H3,(H,10,11,12). The Morgan fingerprint density at radius 2 is 2.38 bits per heavy atom. The molecule has 13 heavy (non-hydrogen) atoms. The summed E-state index contributed by atoms with van der Waals surface area (Å²) in [5, 5.41) is 3.20. The number of nitrogens with one attached hydrogen (secondary N) is 1. The SMILES string of the molecule is Cc1cccc2sc(NC=O)nc12. The smallest absolute Gasteiger partial charge is 0.213 e. The molecule has 1 aromatic heterocycles. The number of hydrogen-bond donors (Lipinski definition) is 1. The van der Waals surface area contributed by atoms with Gasteiger partial charge in [0.05, 0.1) is 10.2 Å². The molecule has 1 heterocycles. The van der Waals surface area contributed by atoms with Crippen molar-refractivity contribution in [2.45, 2.75) is 6.92 Å². The number of amides is 1. The van der Waals surface area contributed by atoms with Crippen molar-refractivity contribution in [2.24, 2.45) is 0 Å². The van der Waals surface area contributed by atoms with Gasteiger partial charge in [-0.3, -0.25) is 4.79 Å². The summed E-state index contributed by atoms with van der Waals surface area (Å²) in [4.78, 5) is 14.5. The van der Waals surface area contributed by atoms with Crippen LogP contribution >= 0.6 is 11.3 Å². The first-order valence-corrected chi connectivity index (χ1v) is 4.69. The van der Waals surface area contributed by atoms with E-state index < -0.39 is 0 Å². The molecule has 0 unspecified atom stereocenters. The second-order valence-electron chi connectivity index (χ2n) is 2.70. The lowest BCUT2D eigenvalue weighted by Gasteiger charge is -1.90. The second kappa shape index (κ2) is 3.14. The fourth-order valence-corrected chi connectivity index (χ4v) is 2.10. The maximum Gasteiger partial charge on any atom is 0.213 e. The van der Waals surface area contributed by atoms with Crippen LogP contribution in [0.5, 0.6) is 0 Å². The maximum atomic E-state index is 10.2. The summed E-state index contributed by atoms with van der Waals surface area (Å²) >= 11 is 1.48. The van der Waals surface area contributed by atoms with Crippen molar-refractivity contribution in [3.63, 3.8) is 0 Å². The molecule has 0 saturated heterocycles. The van der Waals surface area contributed by atoms with Gasteiger partial charge in [0.15, 0.2) is 5.13 Å². The van der Waals surface area contributed by atoms with E-state index in [0.717, 1.165) is 15.8 Å². The summed E-state index contributed by atoms with van der Waals surface area (Å²) in [7, 11) is 0. The highest BCUT2D eigenvalue weighted by atomic mass is 32.1. The van der Waals surface area contributed by atoms with E-state index in [9.17, 15) is 4.79 Å². The minimum Gasteiger partial charge on any atom is -0.305 e. The number of carbonyl (C=O) groups excluding carboxylic acids is 1. The van der Waals surface area contributed by atoms with E-state index in [0.29, 0.717) is 11.5 Å². The van der Waals surface area contributed by atoms with Crippen molar-refractivity contribution in [1.82, 2.24) is 4.98 Å². The van der Waals surface area contributed by atoms with E-state index in [1.54, 1.807) is 0 Å². The first kappa shape index (κ1) is 8.19. The number of carbonyl (C=O) groups is 1. The largest absolute Gasteiger partial charge is 0.305 e. The van der Waals surface area contributed by atoms with Crippen LogP contribution in [-0.2, 0) is 4.79 Å². The highest BCUT2D eigenvalue weighted by molar-refractivity contribution is 7.22. The highest BCUT2D eigenvalue weighted by Crippen LogP contribution is 2.27. The van der Waals surface area contributed by atoms with Crippen LogP contribution < -0.4 is 5.32 Å². The molecule has 4 heteroatoms. The Balaban J connectivity index is 2.61. The van der Waals surface area contributed by atoms with Crippen molar-refractivity contribution in [3.8, 4) is 0 Å². The molecule has 0 aliphatic carbocycles. The first-order chi connectivity index (χ1) is 6.31. The number of hydrogen-bond acceptors (Lipinski definition) is 3. The quantitative estimate of drug-likeness (QED) is 0.741. The van der Waals surface area contributed by atoms with Crippen LogP contribution in [0.1, 0.15) is 5.56 Å². The van der Waals surface area contributed by atoms with Gasteiger partial charge in [0.2, 0.25) is 6.41 Å². The van der Waals surface area contributed by atoms with Crippen molar-refractivity contribution < 1.29 is 4.79 Å². The minimum absolute atomic E-state index is 0.646. The Kier molecular flexibility index (Phi) is 1.98. The van der Waals surface area contributed by atoms with Gasteiger partial charge in [-0.15, -0.1) is 0 Å². The summed E-state index contributed by atoms with van der Waals surface area (Å²) in [6.45, 7) is 2.01. The van der Waals surface area contributed by atoms with Gasteiger partial charge in [-0.1, -0.05) is 23.5 Å². The van der Waals surface area contributed by atoms with Crippen molar-refractivity contribution >= 4 is 33.1 Å². The third-order valence-electron chi connectivity index (χ3n) is 1.80. The van der Waals surface area contributed by atoms with E-state index in [2.05, 4.69) is 10.3 Å². The molecule has 0 spiro atoms. The van der Waals surface area contributed by atoms with E-state index >= 15 is 0 Å². The average molecular weight is 192 g/mol. The molecule has 0 aliphatic heterocycles. The van der Waals surface area contributed by atoms with Crippen LogP contribution in [0, 0.1) is 6.92 Å². The molecule has 0 fully saturated rings. The lowest BCUT2D eigenvalue weighted by molar-refractivity contribution is -0.105. The number of aryl methyl sites for hydroxylation is 1. The molecule has 1 N–H and O–H groups in total. The zero-order valence-corrected chi connectivity index (χ0v) is 7.89. The Hall–Kier alpha value is -1.42. The number of thiazole rings is 1. The fourth-order valence-electron chi connectivity index (χ4n) is 1.20. The fraction of sp³-hybridized carbons (Fsp3) is 0.111. The molecule has 2 aromatic rings. The molecule has 0 atom stereocenters. The van der Waals surface area contributed by atoms with Gasteiger partial charge < -0.3 is 5.32 Å². The number of fused-ring (bicyclic) bond motifs is 1. The minimum atomic E-state index is 0.646. The van der Waals surface area contributed by atoms with E-state index in [1.807, 2.05) is 25.1 Å². The van der Waals surface area contributed by atoms with Crippen LogP contribution in [0.25, 0.3) is 10.2 Å². The zero-order chi connectivity index (χ0) is 9.26. The normalized spacial score (nSPS) is 10.2. The zero-order valence-electron chi connectivity index (χ0n) is 7.07. The highest BCUT2D eigenvalue weighted by Gasteiger charge is 2.03. The number of para-hydroxylation sites is 1. The summed E-state index contributed by atoms with van der Waals surface area (Å²) in [5.41, 5.74) is 2.10. The van der Waals surface area contributed by atoms with Gasteiger partial charge in [0.1, 0.15) is 0 Å². The topological polar surface area (TPSA) is 42.0 Å². The molecule has 2 rings (SSSR count). The van der Waals surface area contributed by atoms with Gasteiger partial charge in [0, 0.05) is 0 Å². The van der Waals surface area contributed by atoms with Crippen molar-refractivity contribution in [3.05, 3.63) is 23.8 Å². The number of aromatic nitrogens is 1. The number of nitrogens with zero attached hydrogens (tertiary/aromatic N) is 1. The lowest BCUT2D eigenvalue weighted by Crippen LogP contribution is -1.91. The van der Waals surface area contributed by atoms with E-state index in [1.165, 1.54) is 11.3 Å². The molecule has 0 saturated carbocycles. The third-order valence-corrected chi connectivity index (χ3v) is 2.75. The van der Waals surface area contributed by atoms with Crippen molar-refractivity contribution in [1.29, 1.82) is 0 Å². The molecule has 66 valence electrons. The van der Waals surface area contributed by atoms with Gasteiger partial charge in [-0.05, 0) is 18.6 Å². The number of rotatable bonds is 2. The number of benzene rings is 1. The molecule has 1 amide bonds. The van der Waals surface area contributed by atoms with Crippen LogP contribution in [-0.4, -0.2) is 11.4 Å². The third kappa shape index (κ3) is 1.40. The van der Waals surface area contributed by atoms with Crippen LogP contribution in [0.15, 0.2) is 18.2 Å². The average Bonchev–Trinajstić information content (AvgIpc) is 2.49. The second-order valence-corrected chi connectivity index (χ2v) is 3.73. The van der Waals surface area contributed by atoms with Crippen LogP contribution in [0.3, 0.4) is 0 Å². The molecule has 1 aromatic carbocycles. The lowest BCUT2D eigenvalue weighted by atomic mass is 10.2. The Morgan fingerprint density at radius 3 is 3.08 bits per heavy atom. The van der Waals surface area contributed by atoms with E-state index in [-0.39, 0.29) is 0 Å². The molecule has 0 aliphatic rings. The van der Waals surface area contributed by atoms with Crippen LogP contribution in [0.2, 0.25) is 0 Å². The summed E-state index contributed by atoms with van der Waals surface area (Å²) in [6, 6.07) is 5.99. The maximum absolute atomic E-state index is 10.2. The predicted molar refractivity (Wildman–Crippen MR) is 54.0 cm³/mol. The Bertz CT molecular complexity index is 450. The van der Waals surface area contributed by atoms with Gasteiger partial charge in [-0.25, -0.2) is 4.98 Å². The van der Waals surface area contributed by atoms with Crippen molar-refractivity contribution in [2.75, 3.05) is 5.32 Å². The molecule has 0 radical (unpaired) electrons. The van der Waals surface area contributed by atoms with E-state index in [4.69, 9.17) is 0 Å². The summed E-state index contributed by atoms with van der Waals surface area (Å²) < 4.78 is 1.10. The molecule has 3 nitrogen and oxygen atoms in total. The summed E-state index contributed by atoms with van der Waals surface area (Å²) in [6.07, 6.45) is 0.646. The molecular weight excluding hydrogens is 184 g/mol. The first-order valence-electron chi connectivity index (χ1n) is 3.87. The molecule has 0 bridgehead atoms. The van der Waals surface area contributed by atoms with Gasteiger partial charge >= 0.3 is 0 Å². The van der Waals surface area contributed by atoms with Crippen LogP contribution in [0.4, 0.5) is 5.13 Å². The Morgan fingerprint density at radius 1 is 1.54 bits per heavy atom. The Labute approximate surface area is 79.4 Å². The predicted octanol–water partition coefficient (Wildman–Crippen LogP) is 2.17. The molecular formula is C9H8N2OS. The monoisotopic (exact) mass is 192 g/mol. The van der Waals surface area contributed by atoms with Gasteiger partial charge in [-0.2, -0.15) is 0 Å². The summed E-state index contributed by atoms with van der Waals surface area (Å²) in [5.74, 6) is 0. The van der Waals surface area contributed by atoms with Gasteiger partial charge in [0.25, 0.3) is 0 Å². The number of anilines is 1.